The van der Waals surface area contributed by atoms with E-state index in [2.05, 4.69) is 13.8 Å². The predicted octanol–water partition coefficient (Wildman–Crippen LogP) is 2.91. The van der Waals surface area contributed by atoms with Gasteiger partial charge in [0, 0.05) is 6.42 Å². The third-order valence-corrected chi connectivity index (χ3v) is 1.82. The normalized spacial score (nSPS) is 12.6. The zero-order chi connectivity index (χ0) is 9.40. The summed E-state index contributed by atoms with van der Waals surface area (Å²) in [6.45, 7) is 6.15. The van der Waals surface area contributed by atoms with Crippen LogP contribution in [-0.2, 0) is 9.53 Å². The molecule has 0 aliphatic carbocycles. The molecule has 0 heterocycles. The Morgan fingerprint density at radius 2 is 1.92 bits per heavy atom. The second-order valence-electron chi connectivity index (χ2n) is 3.06. The minimum absolute atomic E-state index is 0.0437. The van der Waals surface area contributed by atoms with Gasteiger partial charge in [0.2, 0.25) is 0 Å². The van der Waals surface area contributed by atoms with Crippen LogP contribution >= 0.6 is 0 Å². The summed E-state index contributed by atoms with van der Waals surface area (Å²) in [5, 5.41) is 0. The molecule has 12 heavy (non-hydrogen) atoms. The number of rotatable bonds is 6. The van der Waals surface area contributed by atoms with Crippen LogP contribution in [0, 0.1) is 0 Å². The molecular weight excluding hydrogens is 152 g/mol. The molecule has 0 aromatic heterocycles. The lowest BCUT2D eigenvalue weighted by atomic mass is 10.1. The van der Waals surface area contributed by atoms with Crippen molar-refractivity contribution in [1.29, 1.82) is 0 Å². The summed E-state index contributed by atoms with van der Waals surface area (Å²) in [6.07, 6.45) is 4.59. The molecule has 0 saturated heterocycles. The SMILES string of the molecule is CCCC(=O)O[C@H](CC)CCC. The molecule has 0 unspecified atom stereocenters. The minimum atomic E-state index is -0.0437. The summed E-state index contributed by atoms with van der Waals surface area (Å²) in [5.41, 5.74) is 0. The molecule has 0 aliphatic heterocycles. The molecule has 0 bridgehead atoms. The van der Waals surface area contributed by atoms with E-state index in [1.807, 2.05) is 6.92 Å². The maximum absolute atomic E-state index is 11.1. The van der Waals surface area contributed by atoms with Gasteiger partial charge in [0.15, 0.2) is 0 Å². The Bertz CT molecular complexity index is 121. The molecule has 0 saturated carbocycles. The van der Waals surface area contributed by atoms with Gasteiger partial charge in [-0.25, -0.2) is 0 Å². The summed E-state index contributed by atoms with van der Waals surface area (Å²) in [5.74, 6) is -0.0437. The number of esters is 1. The summed E-state index contributed by atoms with van der Waals surface area (Å²) < 4.78 is 5.24. The van der Waals surface area contributed by atoms with E-state index in [9.17, 15) is 4.79 Å². The van der Waals surface area contributed by atoms with Gasteiger partial charge in [0.05, 0.1) is 0 Å². The molecule has 0 aromatic carbocycles. The Morgan fingerprint density at radius 1 is 1.25 bits per heavy atom. The van der Waals surface area contributed by atoms with Crippen LogP contribution in [0.25, 0.3) is 0 Å². The third kappa shape index (κ3) is 5.16. The van der Waals surface area contributed by atoms with Gasteiger partial charge >= 0.3 is 5.97 Å². The smallest absolute Gasteiger partial charge is 0.306 e. The number of hydrogen-bond donors (Lipinski definition) is 0. The fourth-order valence-electron chi connectivity index (χ4n) is 1.12. The van der Waals surface area contributed by atoms with Crippen molar-refractivity contribution in [3.05, 3.63) is 0 Å². The van der Waals surface area contributed by atoms with E-state index >= 15 is 0 Å². The van der Waals surface area contributed by atoms with Crippen LogP contribution in [0.1, 0.15) is 52.9 Å². The van der Waals surface area contributed by atoms with E-state index in [0.29, 0.717) is 6.42 Å². The van der Waals surface area contributed by atoms with Crippen LogP contribution < -0.4 is 0 Å². The van der Waals surface area contributed by atoms with Crippen molar-refractivity contribution in [2.75, 3.05) is 0 Å². The number of carbonyl (C=O) groups excluding carboxylic acids is 1. The van der Waals surface area contributed by atoms with Gasteiger partial charge in [-0.1, -0.05) is 27.2 Å². The number of carbonyl (C=O) groups is 1. The van der Waals surface area contributed by atoms with Crippen molar-refractivity contribution < 1.29 is 9.53 Å². The van der Waals surface area contributed by atoms with Crippen molar-refractivity contribution in [3.8, 4) is 0 Å². The first kappa shape index (κ1) is 11.5. The lowest BCUT2D eigenvalue weighted by molar-refractivity contribution is -0.149. The molecule has 2 heteroatoms. The first-order valence-corrected chi connectivity index (χ1v) is 4.94. The van der Waals surface area contributed by atoms with Crippen molar-refractivity contribution in [2.24, 2.45) is 0 Å². The van der Waals surface area contributed by atoms with E-state index in [4.69, 9.17) is 4.74 Å². The topological polar surface area (TPSA) is 26.3 Å². The number of hydrogen-bond acceptors (Lipinski definition) is 2. The molecule has 1 atom stereocenters. The Balaban J connectivity index is 3.61. The zero-order valence-corrected chi connectivity index (χ0v) is 8.43. The quantitative estimate of drug-likeness (QED) is 0.576. The molecule has 0 amide bonds. The minimum Gasteiger partial charge on any atom is -0.462 e. The average molecular weight is 172 g/mol. The van der Waals surface area contributed by atoms with E-state index in [-0.39, 0.29) is 12.1 Å². The van der Waals surface area contributed by atoms with Crippen LogP contribution in [0.3, 0.4) is 0 Å². The van der Waals surface area contributed by atoms with E-state index in [1.165, 1.54) is 0 Å². The maximum atomic E-state index is 11.1. The lowest BCUT2D eigenvalue weighted by Gasteiger charge is -2.14. The second-order valence-corrected chi connectivity index (χ2v) is 3.06. The summed E-state index contributed by atoms with van der Waals surface area (Å²) in [4.78, 5) is 11.1. The summed E-state index contributed by atoms with van der Waals surface area (Å²) >= 11 is 0. The van der Waals surface area contributed by atoms with Gasteiger partial charge in [-0.05, 0) is 19.3 Å². The van der Waals surface area contributed by atoms with Crippen LogP contribution in [-0.4, -0.2) is 12.1 Å². The fraction of sp³-hybridized carbons (Fsp3) is 0.900. The Hall–Kier alpha value is -0.530. The van der Waals surface area contributed by atoms with E-state index < -0.39 is 0 Å². The van der Waals surface area contributed by atoms with E-state index in [0.717, 1.165) is 25.7 Å². The Morgan fingerprint density at radius 3 is 2.33 bits per heavy atom. The van der Waals surface area contributed by atoms with Gasteiger partial charge in [-0.15, -0.1) is 0 Å². The van der Waals surface area contributed by atoms with Gasteiger partial charge in [-0.3, -0.25) is 4.79 Å². The fourth-order valence-corrected chi connectivity index (χ4v) is 1.12. The third-order valence-electron chi connectivity index (χ3n) is 1.82. The molecule has 0 N–H and O–H groups in total. The zero-order valence-electron chi connectivity index (χ0n) is 8.43. The Kier molecular flexibility index (Phi) is 6.82. The van der Waals surface area contributed by atoms with E-state index in [1.54, 1.807) is 0 Å². The van der Waals surface area contributed by atoms with Crippen molar-refractivity contribution >= 4 is 5.97 Å². The molecule has 72 valence electrons. The largest absolute Gasteiger partial charge is 0.462 e. The summed E-state index contributed by atoms with van der Waals surface area (Å²) in [6, 6.07) is 0. The monoisotopic (exact) mass is 172 g/mol. The number of ether oxygens (including phenoxy) is 1. The Labute approximate surface area is 75.3 Å². The second kappa shape index (κ2) is 7.14. The highest BCUT2D eigenvalue weighted by Crippen LogP contribution is 2.07. The molecule has 0 rings (SSSR count). The van der Waals surface area contributed by atoms with Crippen LogP contribution in [0.15, 0.2) is 0 Å². The van der Waals surface area contributed by atoms with Gasteiger partial charge in [0.1, 0.15) is 6.10 Å². The van der Waals surface area contributed by atoms with Gasteiger partial charge in [0.25, 0.3) is 0 Å². The average Bonchev–Trinajstić information content (AvgIpc) is 2.04. The predicted molar refractivity (Wildman–Crippen MR) is 50.0 cm³/mol. The standard InChI is InChI=1S/C10H20O2/c1-4-7-9(6-3)12-10(11)8-5-2/h9H,4-8H2,1-3H3/t9-/m1/s1. The molecule has 0 aliphatic rings. The molecule has 0 radical (unpaired) electrons. The molecule has 0 fully saturated rings. The molecule has 0 spiro atoms. The van der Waals surface area contributed by atoms with Crippen LogP contribution in [0.4, 0.5) is 0 Å². The van der Waals surface area contributed by atoms with Gasteiger partial charge in [-0.2, -0.15) is 0 Å². The summed E-state index contributed by atoms with van der Waals surface area (Å²) in [7, 11) is 0. The van der Waals surface area contributed by atoms with Crippen molar-refractivity contribution in [3.63, 3.8) is 0 Å². The highest BCUT2D eigenvalue weighted by molar-refractivity contribution is 5.69. The highest BCUT2D eigenvalue weighted by atomic mass is 16.5. The van der Waals surface area contributed by atoms with Crippen LogP contribution in [0.5, 0.6) is 0 Å². The lowest BCUT2D eigenvalue weighted by Crippen LogP contribution is -2.16. The molecular formula is C10H20O2. The van der Waals surface area contributed by atoms with Gasteiger partial charge < -0.3 is 4.74 Å². The van der Waals surface area contributed by atoms with Crippen molar-refractivity contribution in [1.82, 2.24) is 0 Å². The molecule has 0 aromatic rings. The highest BCUT2D eigenvalue weighted by Gasteiger charge is 2.09. The first-order valence-electron chi connectivity index (χ1n) is 4.94. The molecule has 2 nitrogen and oxygen atoms in total. The maximum Gasteiger partial charge on any atom is 0.306 e. The first-order chi connectivity index (χ1) is 5.74. The van der Waals surface area contributed by atoms with Crippen molar-refractivity contribution in [2.45, 2.75) is 59.0 Å². The van der Waals surface area contributed by atoms with Crippen LogP contribution in [0.2, 0.25) is 0 Å².